The van der Waals surface area contributed by atoms with Crippen LogP contribution in [0.2, 0.25) is 0 Å². The molecule has 0 heterocycles. The van der Waals surface area contributed by atoms with Crippen LogP contribution < -0.4 is 0 Å². The average Bonchev–Trinajstić information content (AvgIpc) is 3.43. The fourth-order valence-corrected chi connectivity index (χ4v) is 8.09. The van der Waals surface area contributed by atoms with E-state index in [2.05, 4.69) is 167 Å². The highest BCUT2D eigenvalue weighted by molar-refractivity contribution is 5.71. The minimum absolute atomic E-state index is 0.103. The predicted octanol–water partition coefficient (Wildman–Crippen LogP) is 21.5. The van der Waals surface area contributed by atoms with E-state index in [-0.39, 0.29) is 31.1 Å². The Kier molecular flexibility index (Phi) is 59.9. The van der Waals surface area contributed by atoms with Crippen LogP contribution >= 0.6 is 0 Å². The van der Waals surface area contributed by atoms with Crippen LogP contribution in [0.5, 0.6) is 0 Å². The van der Waals surface area contributed by atoms with Crippen molar-refractivity contribution in [2.45, 2.75) is 271 Å². The number of hydrogen-bond acceptors (Lipinski definition) is 6. The number of hydrogen-bond donors (Lipinski definition) is 0. The van der Waals surface area contributed by atoms with Crippen LogP contribution in [-0.4, -0.2) is 37.2 Å². The Morgan fingerprint density at radius 3 is 0.870 bits per heavy atom. The number of esters is 3. The van der Waals surface area contributed by atoms with Gasteiger partial charge in [-0.1, -0.05) is 250 Å². The minimum Gasteiger partial charge on any atom is -0.462 e. The summed E-state index contributed by atoms with van der Waals surface area (Å²) < 4.78 is 16.8. The summed E-state index contributed by atoms with van der Waals surface area (Å²) in [5.41, 5.74) is 0. The fourth-order valence-electron chi connectivity index (χ4n) is 8.09. The molecule has 0 saturated heterocycles. The molecule has 0 aromatic heterocycles. The standard InChI is InChI=1S/C71H114O6/c1-4-7-10-13-16-19-22-24-26-27-28-29-30-31-32-33-34-35-36-37-38-39-40-41-42-43-45-46-49-52-55-58-61-64-70(73)76-67-68(66-75-69(72)63-60-57-54-51-48-21-18-15-12-9-6-3)77-71(74)65-62-59-56-53-50-47-44-25-23-20-17-14-11-8-5-2/h7,10,15-16,18-19,24-26,28-29,31-32,34-35,37-38,40-41,43-45,49,52,68H,4-6,8-9,11-14,17,20-23,27,30,33,36,39,42,46-48,50-51,53-67H2,1-3H3/b10-7-,18-15-,19-16-,26-24-,29-28-,32-31-,35-34-,38-37-,41-40-,44-25-,45-43-,52-49-. The minimum atomic E-state index is -0.808. The third-order valence-electron chi connectivity index (χ3n) is 12.8. The zero-order valence-corrected chi connectivity index (χ0v) is 49.7. The maximum absolute atomic E-state index is 12.8. The molecule has 0 rings (SSSR count). The molecular weight excluding hydrogens is 949 g/mol. The van der Waals surface area contributed by atoms with E-state index in [1.165, 1.54) is 77.0 Å². The van der Waals surface area contributed by atoms with Crippen molar-refractivity contribution in [3.8, 4) is 0 Å². The topological polar surface area (TPSA) is 78.9 Å². The Balaban J connectivity index is 4.36. The van der Waals surface area contributed by atoms with Crippen molar-refractivity contribution in [1.82, 2.24) is 0 Å². The summed E-state index contributed by atoms with van der Waals surface area (Å²) in [6.07, 6.45) is 91.4. The van der Waals surface area contributed by atoms with Crippen LogP contribution in [0.3, 0.4) is 0 Å². The summed E-state index contributed by atoms with van der Waals surface area (Å²) in [4.78, 5) is 38.1. The van der Waals surface area contributed by atoms with Gasteiger partial charge in [-0.2, -0.15) is 0 Å². The SMILES string of the molecule is CC/C=C\C/C=C\C/C=C\C/C=C\C/C=C\C/C=C\C/C=C\C/C=C\C/C=C\C/C=C\CCCCC(=O)OCC(COC(=O)CCCCCCC/C=C\CCCC)OC(=O)CCCCCCC/C=C\CCCCCCCC. The lowest BCUT2D eigenvalue weighted by Crippen LogP contribution is -2.30. The van der Waals surface area contributed by atoms with Crippen molar-refractivity contribution < 1.29 is 28.6 Å². The molecule has 0 aromatic rings. The molecule has 0 spiro atoms. The van der Waals surface area contributed by atoms with Gasteiger partial charge in [0.1, 0.15) is 13.2 Å². The van der Waals surface area contributed by atoms with E-state index in [4.69, 9.17) is 14.2 Å². The molecule has 0 saturated carbocycles. The number of rotatable bonds is 55. The maximum atomic E-state index is 12.8. The molecule has 434 valence electrons. The van der Waals surface area contributed by atoms with Gasteiger partial charge < -0.3 is 14.2 Å². The molecule has 6 heteroatoms. The summed E-state index contributed by atoms with van der Waals surface area (Å²) in [6.45, 7) is 6.42. The van der Waals surface area contributed by atoms with E-state index < -0.39 is 6.10 Å². The van der Waals surface area contributed by atoms with Gasteiger partial charge >= 0.3 is 17.9 Å². The van der Waals surface area contributed by atoms with Gasteiger partial charge in [-0.3, -0.25) is 14.4 Å². The first-order valence-corrected chi connectivity index (χ1v) is 31.3. The number of carbonyl (C=O) groups is 3. The van der Waals surface area contributed by atoms with Crippen molar-refractivity contribution in [2.24, 2.45) is 0 Å². The molecule has 0 aliphatic carbocycles. The van der Waals surface area contributed by atoms with Crippen LogP contribution in [0.4, 0.5) is 0 Å². The Bertz CT molecular complexity index is 1700. The van der Waals surface area contributed by atoms with Crippen molar-refractivity contribution >= 4 is 17.9 Å². The summed E-state index contributed by atoms with van der Waals surface area (Å²) in [6, 6.07) is 0. The first-order valence-electron chi connectivity index (χ1n) is 31.3. The van der Waals surface area contributed by atoms with Crippen LogP contribution in [0.1, 0.15) is 265 Å². The van der Waals surface area contributed by atoms with Gasteiger partial charge in [0.2, 0.25) is 0 Å². The molecule has 1 unspecified atom stereocenters. The summed E-state index contributed by atoms with van der Waals surface area (Å²) in [7, 11) is 0. The predicted molar refractivity (Wildman–Crippen MR) is 334 cm³/mol. The molecule has 0 amide bonds. The number of ether oxygens (including phenoxy) is 3. The highest BCUT2D eigenvalue weighted by Crippen LogP contribution is 2.13. The van der Waals surface area contributed by atoms with Crippen molar-refractivity contribution in [1.29, 1.82) is 0 Å². The maximum Gasteiger partial charge on any atom is 0.306 e. The van der Waals surface area contributed by atoms with Crippen LogP contribution in [0.15, 0.2) is 146 Å². The molecule has 0 bridgehead atoms. The number of unbranched alkanes of at least 4 members (excludes halogenated alkanes) is 20. The van der Waals surface area contributed by atoms with Crippen LogP contribution in [0, 0.1) is 0 Å². The van der Waals surface area contributed by atoms with E-state index in [1.54, 1.807) is 0 Å². The summed E-state index contributed by atoms with van der Waals surface area (Å²) in [5.74, 6) is -0.970. The average molecular weight is 1060 g/mol. The Labute approximate surface area is 474 Å². The van der Waals surface area contributed by atoms with Crippen molar-refractivity contribution in [3.05, 3.63) is 146 Å². The van der Waals surface area contributed by atoms with E-state index in [0.29, 0.717) is 25.7 Å². The second-order valence-corrected chi connectivity index (χ2v) is 20.2. The van der Waals surface area contributed by atoms with Crippen LogP contribution in [0.25, 0.3) is 0 Å². The largest absolute Gasteiger partial charge is 0.462 e. The van der Waals surface area contributed by atoms with Gasteiger partial charge in [0.05, 0.1) is 0 Å². The van der Waals surface area contributed by atoms with E-state index in [1.807, 2.05) is 0 Å². The number of carbonyl (C=O) groups excluding carboxylic acids is 3. The van der Waals surface area contributed by atoms with Gasteiger partial charge in [-0.05, 0) is 141 Å². The third-order valence-corrected chi connectivity index (χ3v) is 12.8. The quantitative estimate of drug-likeness (QED) is 0.0261. The lowest BCUT2D eigenvalue weighted by atomic mass is 10.1. The molecule has 6 nitrogen and oxygen atoms in total. The van der Waals surface area contributed by atoms with Gasteiger partial charge in [0.15, 0.2) is 6.10 Å². The monoisotopic (exact) mass is 1060 g/mol. The van der Waals surface area contributed by atoms with E-state index in [9.17, 15) is 14.4 Å². The zero-order valence-electron chi connectivity index (χ0n) is 49.7. The molecule has 0 radical (unpaired) electrons. The molecular formula is C71H114O6. The van der Waals surface area contributed by atoms with Crippen molar-refractivity contribution in [3.63, 3.8) is 0 Å². The first-order chi connectivity index (χ1) is 38.0. The second kappa shape index (κ2) is 63.8. The Morgan fingerprint density at radius 2 is 0.519 bits per heavy atom. The lowest BCUT2D eigenvalue weighted by molar-refractivity contribution is -0.167. The van der Waals surface area contributed by atoms with Gasteiger partial charge in [-0.15, -0.1) is 0 Å². The van der Waals surface area contributed by atoms with Crippen molar-refractivity contribution in [2.75, 3.05) is 13.2 Å². The molecule has 0 N–H and O–H groups in total. The third kappa shape index (κ3) is 62.0. The van der Waals surface area contributed by atoms with Gasteiger partial charge in [0.25, 0.3) is 0 Å². The molecule has 0 fully saturated rings. The smallest absolute Gasteiger partial charge is 0.306 e. The molecule has 1 atom stereocenters. The molecule has 0 aliphatic heterocycles. The van der Waals surface area contributed by atoms with E-state index in [0.717, 1.165) is 141 Å². The fraction of sp³-hybridized carbons (Fsp3) is 0.620. The lowest BCUT2D eigenvalue weighted by Gasteiger charge is -2.18. The summed E-state index contributed by atoms with van der Waals surface area (Å²) in [5, 5.41) is 0. The Hall–Kier alpha value is -4.71. The Morgan fingerprint density at radius 1 is 0.273 bits per heavy atom. The second-order valence-electron chi connectivity index (χ2n) is 20.2. The molecule has 77 heavy (non-hydrogen) atoms. The normalized spacial score (nSPS) is 13.1. The summed E-state index contributed by atoms with van der Waals surface area (Å²) >= 11 is 0. The first kappa shape index (κ1) is 72.3. The number of allylic oxidation sites excluding steroid dienone is 24. The van der Waals surface area contributed by atoms with Gasteiger partial charge in [-0.25, -0.2) is 0 Å². The van der Waals surface area contributed by atoms with E-state index >= 15 is 0 Å². The van der Waals surface area contributed by atoms with Gasteiger partial charge in [0, 0.05) is 19.3 Å². The molecule has 0 aliphatic rings. The highest BCUT2D eigenvalue weighted by Gasteiger charge is 2.19. The molecule has 0 aromatic carbocycles. The highest BCUT2D eigenvalue weighted by atomic mass is 16.6. The zero-order chi connectivity index (χ0) is 55.7. The van der Waals surface area contributed by atoms with Crippen LogP contribution in [-0.2, 0) is 28.6 Å².